The lowest BCUT2D eigenvalue weighted by molar-refractivity contribution is 0.0760. The van der Waals surface area contributed by atoms with Crippen molar-refractivity contribution in [3.8, 4) is 11.4 Å². The van der Waals surface area contributed by atoms with E-state index in [0.29, 0.717) is 24.0 Å². The van der Waals surface area contributed by atoms with Crippen molar-refractivity contribution in [2.24, 2.45) is 0 Å². The summed E-state index contributed by atoms with van der Waals surface area (Å²) >= 11 is 0. The summed E-state index contributed by atoms with van der Waals surface area (Å²) in [6.45, 7) is 1.59. The molecule has 0 aliphatic carbocycles. The first-order chi connectivity index (χ1) is 11.6. The number of benzene rings is 1. The molecule has 2 heterocycles. The quantitative estimate of drug-likeness (QED) is 0.894. The Bertz CT molecular complexity index is 688. The topological polar surface area (TPSA) is 74.3 Å². The standard InChI is InChI=1S/C17H23N5O2/c1-21-10-15(24-3)8-14(21)9-22(2)17(23)13-6-4-5-12(7-13)16-18-11-19-20-16/h4-7,11,14-15H,8-10H2,1-3H3,(H,18,19,20)/t14-,15-/m0/s1. The van der Waals surface area contributed by atoms with E-state index in [4.69, 9.17) is 4.74 Å². The van der Waals surface area contributed by atoms with Gasteiger partial charge in [-0.05, 0) is 25.6 Å². The number of carbonyl (C=O) groups is 1. The molecule has 7 nitrogen and oxygen atoms in total. The van der Waals surface area contributed by atoms with Gasteiger partial charge >= 0.3 is 0 Å². The Labute approximate surface area is 141 Å². The highest BCUT2D eigenvalue weighted by atomic mass is 16.5. The van der Waals surface area contributed by atoms with Crippen molar-refractivity contribution < 1.29 is 9.53 Å². The lowest BCUT2D eigenvalue weighted by atomic mass is 10.1. The monoisotopic (exact) mass is 329 g/mol. The summed E-state index contributed by atoms with van der Waals surface area (Å²) in [5.41, 5.74) is 1.50. The average molecular weight is 329 g/mol. The van der Waals surface area contributed by atoms with E-state index >= 15 is 0 Å². The maximum atomic E-state index is 12.7. The van der Waals surface area contributed by atoms with Gasteiger partial charge in [-0.2, -0.15) is 5.10 Å². The molecule has 0 saturated carbocycles. The summed E-state index contributed by atoms with van der Waals surface area (Å²) < 4.78 is 5.43. The van der Waals surface area contributed by atoms with Gasteiger partial charge in [-0.25, -0.2) is 4.98 Å². The molecule has 0 unspecified atom stereocenters. The number of methoxy groups -OCH3 is 1. The fourth-order valence-electron chi connectivity index (χ4n) is 3.18. The summed E-state index contributed by atoms with van der Waals surface area (Å²) in [5, 5.41) is 6.67. The Morgan fingerprint density at radius 1 is 1.50 bits per heavy atom. The van der Waals surface area contributed by atoms with Crippen LogP contribution in [0.1, 0.15) is 16.8 Å². The van der Waals surface area contributed by atoms with E-state index in [1.54, 1.807) is 12.0 Å². The second-order valence-electron chi connectivity index (χ2n) is 6.29. The van der Waals surface area contributed by atoms with E-state index in [-0.39, 0.29) is 12.0 Å². The van der Waals surface area contributed by atoms with Crippen molar-refractivity contribution >= 4 is 5.91 Å². The van der Waals surface area contributed by atoms with Crippen LogP contribution in [0, 0.1) is 0 Å². The fraction of sp³-hybridized carbons (Fsp3) is 0.471. The first-order valence-electron chi connectivity index (χ1n) is 8.02. The minimum atomic E-state index is 0.00521. The molecular formula is C17H23N5O2. The summed E-state index contributed by atoms with van der Waals surface area (Å²) in [5.74, 6) is 0.663. The number of likely N-dealkylation sites (N-methyl/N-ethyl adjacent to an activating group) is 2. The normalized spacial score (nSPS) is 21.1. The molecule has 3 rings (SSSR count). The smallest absolute Gasteiger partial charge is 0.253 e. The molecule has 0 spiro atoms. The predicted octanol–water partition coefficient (Wildman–Crippen LogP) is 1.26. The third-order valence-corrected chi connectivity index (χ3v) is 4.61. The SMILES string of the molecule is CO[C@H]1C[C@@H](CN(C)C(=O)c2cccc(-c3ncn[nH]3)c2)N(C)C1. The zero-order chi connectivity index (χ0) is 17.1. The predicted molar refractivity (Wildman–Crippen MR) is 90.6 cm³/mol. The van der Waals surface area contributed by atoms with Gasteiger partial charge in [0.05, 0.1) is 6.10 Å². The van der Waals surface area contributed by atoms with E-state index in [0.717, 1.165) is 18.5 Å². The molecule has 7 heteroatoms. The number of likely N-dealkylation sites (tertiary alicyclic amines) is 1. The van der Waals surface area contributed by atoms with Crippen LogP contribution in [0.15, 0.2) is 30.6 Å². The Kier molecular flexibility index (Phi) is 4.92. The molecule has 1 aromatic carbocycles. The van der Waals surface area contributed by atoms with E-state index in [9.17, 15) is 4.79 Å². The van der Waals surface area contributed by atoms with E-state index in [2.05, 4.69) is 27.1 Å². The number of H-pyrrole nitrogens is 1. The highest BCUT2D eigenvalue weighted by Crippen LogP contribution is 2.20. The summed E-state index contributed by atoms with van der Waals surface area (Å²) in [4.78, 5) is 20.9. The molecule has 128 valence electrons. The molecule has 1 aliphatic rings. The number of rotatable bonds is 5. The van der Waals surface area contributed by atoms with Gasteiger partial charge in [0.25, 0.3) is 5.91 Å². The number of amides is 1. The molecular weight excluding hydrogens is 306 g/mol. The van der Waals surface area contributed by atoms with Crippen LogP contribution in [0.5, 0.6) is 0 Å². The van der Waals surface area contributed by atoms with Gasteiger partial charge in [-0.3, -0.25) is 14.8 Å². The van der Waals surface area contributed by atoms with Crippen LogP contribution in [0.4, 0.5) is 0 Å². The van der Waals surface area contributed by atoms with Crippen LogP contribution < -0.4 is 0 Å². The van der Waals surface area contributed by atoms with Crippen molar-refractivity contribution in [2.45, 2.75) is 18.6 Å². The maximum absolute atomic E-state index is 12.7. The molecule has 1 aliphatic heterocycles. The largest absolute Gasteiger partial charge is 0.380 e. The van der Waals surface area contributed by atoms with Gasteiger partial charge in [-0.15, -0.1) is 0 Å². The van der Waals surface area contributed by atoms with Crippen LogP contribution >= 0.6 is 0 Å². The van der Waals surface area contributed by atoms with Crippen molar-refractivity contribution in [3.63, 3.8) is 0 Å². The molecule has 1 saturated heterocycles. The second kappa shape index (κ2) is 7.11. The number of aromatic amines is 1. The zero-order valence-electron chi connectivity index (χ0n) is 14.3. The molecule has 24 heavy (non-hydrogen) atoms. The highest BCUT2D eigenvalue weighted by Gasteiger charge is 2.31. The lowest BCUT2D eigenvalue weighted by Crippen LogP contribution is -2.39. The number of hydrogen-bond donors (Lipinski definition) is 1. The van der Waals surface area contributed by atoms with Crippen LogP contribution in [-0.4, -0.2) is 77.3 Å². The zero-order valence-corrected chi connectivity index (χ0v) is 14.3. The van der Waals surface area contributed by atoms with E-state index in [1.807, 2.05) is 31.3 Å². The summed E-state index contributed by atoms with van der Waals surface area (Å²) in [7, 11) is 5.66. The van der Waals surface area contributed by atoms with E-state index < -0.39 is 0 Å². The fourth-order valence-corrected chi connectivity index (χ4v) is 3.18. The third-order valence-electron chi connectivity index (χ3n) is 4.61. The highest BCUT2D eigenvalue weighted by molar-refractivity contribution is 5.95. The van der Waals surface area contributed by atoms with Crippen molar-refractivity contribution in [2.75, 3.05) is 34.3 Å². The Morgan fingerprint density at radius 3 is 3.00 bits per heavy atom. The first kappa shape index (κ1) is 16.6. The molecule has 0 bridgehead atoms. The number of ether oxygens (including phenoxy) is 1. The average Bonchev–Trinajstić information content (AvgIpc) is 3.24. The summed E-state index contributed by atoms with van der Waals surface area (Å²) in [6.07, 6.45) is 2.65. The Balaban J connectivity index is 1.69. The Hall–Kier alpha value is -2.25. The number of nitrogens with zero attached hydrogens (tertiary/aromatic N) is 4. The molecule has 1 amide bonds. The van der Waals surface area contributed by atoms with Crippen LogP contribution in [0.3, 0.4) is 0 Å². The molecule has 2 aromatic rings. The maximum Gasteiger partial charge on any atom is 0.253 e. The number of nitrogens with one attached hydrogen (secondary N) is 1. The number of hydrogen-bond acceptors (Lipinski definition) is 5. The van der Waals surface area contributed by atoms with Gasteiger partial charge in [0.2, 0.25) is 0 Å². The minimum Gasteiger partial charge on any atom is -0.380 e. The lowest BCUT2D eigenvalue weighted by Gasteiger charge is -2.25. The van der Waals surface area contributed by atoms with Gasteiger partial charge in [0.1, 0.15) is 6.33 Å². The third kappa shape index (κ3) is 3.47. The van der Waals surface area contributed by atoms with Crippen LogP contribution in [-0.2, 0) is 4.74 Å². The van der Waals surface area contributed by atoms with Crippen LogP contribution in [0.2, 0.25) is 0 Å². The first-order valence-corrected chi connectivity index (χ1v) is 8.02. The van der Waals surface area contributed by atoms with E-state index in [1.165, 1.54) is 6.33 Å². The van der Waals surface area contributed by atoms with Gasteiger partial charge in [-0.1, -0.05) is 12.1 Å². The summed E-state index contributed by atoms with van der Waals surface area (Å²) in [6, 6.07) is 7.76. The van der Waals surface area contributed by atoms with Gasteiger partial charge in [0, 0.05) is 44.4 Å². The van der Waals surface area contributed by atoms with Crippen molar-refractivity contribution in [1.82, 2.24) is 25.0 Å². The Morgan fingerprint density at radius 2 is 2.33 bits per heavy atom. The molecule has 1 N–H and O–H groups in total. The van der Waals surface area contributed by atoms with Crippen molar-refractivity contribution in [3.05, 3.63) is 36.2 Å². The van der Waals surface area contributed by atoms with Crippen LogP contribution in [0.25, 0.3) is 11.4 Å². The molecule has 1 fully saturated rings. The van der Waals surface area contributed by atoms with Gasteiger partial charge in [0.15, 0.2) is 5.82 Å². The van der Waals surface area contributed by atoms with Gasteiger partial charge < -0.3 is 9.64 Å². The molecule has 0 radical (unpaired) electrons. The van der Waals surface area contributed by atoms with Crippen molar-refractivity contribution in [1.29, 1.82) is 0 Å². The minimum absolute atomic E-state index is 0.00521. The number of aromatic nitrogens is 3. The number of carbonyl (C=O) groups excluding carboxylic acids is 1. The molecule has 2 atom stereocenters. The second-order valence-corrected chi connectivity index (χ2v) is 6.29. The molecule has 1 aromatic heterocycles.